The maximum atomic E-state index is 5.65. The normalized spacial score (nSPS) is 21.6. The van der Waals surface area contributed by atoms with Gasteiger partial charge < -0.3 is 20.3 Å². The van der Waals surface area contributed by atoms with Crippen LogP contribution in [0.2, 0.25) is 0 Å². The second-order valence-corrected chi connectivity index (χ2v) is 7.53. The molecule has 1 aromatic carbocycles. The molecule has 0 aromatic heterocycles. The van der Waals surface area contributed by atoms with Gasteiger partial charge in [0.15, 0.2) is 5.96 Å². The number of hydrogen-bond acceptors (Lipinski definition) is 3. The largest absolute Gasteiger partial charge is 0.381 e. The molecule has 5 heteroatoms. The summed E-state index contributed by atoms with van der Waals surface area (Å²) in [6.45, 7) is 9.97. The highest BCUT2D eigenvalue weighted by Crippen LogP contribution is 2.26. The fourth-order valence-electron chi connectivity index (χ4n) is 3.98. The molecular weight excluding hydrogens is 324 g/mol. The molecule has 2 N–H and O–H groups in total. The van der Waals surface area contributed by atoms with Crippen molar-refractivity contribution >= 4 is 5.96 Å². The van der Waals surface area contributed by atoms with Crippen molar-refractivity contribution in [3.63, 3.8) is 0 Å². The van der Waals surface area contributed by atoms with Crippen molar-refractivity contribution in [2.75, 3.05) is 39.4 Å². The quantitative estimate of drug-likeness (QED) is 0.606. The molecule has 2 fully saturated rings. The molecule has 26 heavy (non-hydrogen) atoms. The Morgan fingerprint density at radius 2 is 1.88 bits per heavy atom. The minimum Gasteiger partial charge on any atom is -0.381 e. The summed E-state index contributed by atoms with van der Waals surface area (Å²) in [6, 6.07) is 11.0. The molecular formula is C21H34N4O. The molecule has 2 heterocycles. The molecule has 3 rings (SSSR count). The van der Waals surface area contributed by atoms with Crippen LogP contribution in [0.5, 0.6) is 0 Å². The van der Waals surface area contributed by atoms with Crippen molar-refractivity contribution in [1.29, 1.82) is 0 Å². The van der Waals surface area contributed by atoms with Gasteiger partial charge in [-0.25, -0.2) is 0 Å². The van der Waals surface area contributed by atoms with E-state index in [9.17, 15) is 0 Å². The van der Waals surface area contributed by atoms with Gasteiger partial charge in [0, 0.05) is 44.4 Å². The van der Waals surface area contributed by atoms with Gasteiger partial charge in [0.05, 0.1) is 6.54 Å². The average Bonchev–Trinajstić information content (AvgIpc) is 3.21. The van der Waals surface area contributed by atoms with Crippen LogP contribution in [0.15, 0.2) is 35.3 Å². The first kappa shape index (κ1) is 19.2. The first-order chi connectivity index (χ1) is 12.7. The summed E-state index contributed by atoms with van der Waals surface area (Å²) in [5.41, 5.74) is 1.34. The Bertz CT molecular complexity index is 563. The Morgan fingerprint density at radius 1 is 1.19 bits per heavy atom. The smallest absolute Gasteiger partial charge is 0.193 e. The first-order valence-corrected chi connectivity index (χ1v) is 10.2. The molecule has 2 aliphatic rings. The van der Waals surface area contributed by atoms with Crippen LogP contribution in [0.25, 0.3) is 0 Å². The number of aliphatic imine (C=N–C) groups is 1. The minimum atomic E-state index is 0.00784. The lowest BCUT2D eigenvalue weighted by atomic mass is 9.88. The summed E-state index contributed by atoms with van der Waals surface area (Å²) >= 11 is 0. The van der Waals surface area contributed by atoms with Crippen molar-refractivity contribution in [3.05, 3.63) is 35.9 Å². The van der Waals surface area contributed by atoms with E-state index in [0.717, 1.165) is 58.2 Å². The maximum Gasteiger partial charge on any atom is 0.193 e. The molecule has 1 aromatic rings. The molecule has 0 aliphatic carbocycles. The van der Waals surface area contributed by atoms with Crippen molar-refractivity contribution in [3.8, 4) is 0 Å². The molecule has 5 nitrogen and oxygen atoms in total. The molecule has 0 radical (unpaired) electrons. The molecule has 1 unspecified atom stereocenters. The first-order valence-electron chi connectivity index (χ1n) is 10.2. The summed E-state index contributed by atoms with van der Waals surface area (Å²) in [7, 11) is 0. The van der Waals surface area contributed by atoms with Crippen LogP contribution in [0, 0.1) is 0 Å². The highest BCUT2D eigenvalue weighted by molar-refractivity contribution is 5.80. The molecule has 144 valence electrons. The van der Waals surface area contributed by atoms with Gasteiger partial charge in [-0.3, -0.25) is 4.99 Å². The molecule has 0 saturated carbocycles. The van der Waals surface area contributed by atoms with Gasteiger partial charge in [-0.1, -0.05) is 30.3 Å². The number of nitrogens with one attached hydrogen (secondary N) is 2. The standard InChI is InChI=1S/C21H34N4O/c1-3-22-20(25-13-7-8-14-25)23-17-21(11-15-26-16-12-21)24-18(2)19-9-5-4-6-10-19/h4-6,9-10,18,24H,3,7-8,11-17H2,1-2H3,(H,22,23). The van der Waals surface area contributed by atoms with Gasteiger partial charge in [0.2, 0.25) is 0 Å². The molecule has 0 bridgehead atoms. The van der Waals surface area contributed by atoms with E-state index < -0.39 is 0 Å². The second-order valence-electron chi connectivity index (χ2n) is 7.53. The number of ether oxygens (including phenoxy) is 1. The predicted octanol–water partition coefficient (Wildman–Crippen LogP) is 2.95. The topological polar surface area (TPSA) is 48.9 Å². The van der Waals surface area contributed by atoms with Crippen LogP contribution in [-0.2, 0) is 4.74 Å². The highest BCUT2D eigenvalue weighted by Gasteiger charge is 2.34. The molecule has 0 spiro atoms. The summed E-state index contributed by atoms with van der Waals surface area (Å²) in [5.74, 6) is 1.07. The van der Waals surface area contributed by atoms with Crippen molar-refractivity contribution in [2.45, 2.75) is 51.1 Å². The Hall–Kier alpha value is -1.59. The van der Waals surface area contributed by atoms with Gasteiger partial charge in [0.25, 0.3) is 0 Å². The van der Waals surface area contributed by atoms with E-state index in [0.29, 0.717) is 6.04 Å². The molecule has 2 saturated heterocycles. The third-order valence-electron chi connectivity index (χ3n) is 5.54. The zero-order valence-electron chi connectivity index (χ0n) is 16.3. The SMILES string of the molecule is CCNC(=NCC1(NC(C)c2ccccc2)CCOCC1)N1CCCC1. The number of hydrogen-bond donors (Lipinski definition) is 2. The van der Waals surface area contributed by atoms with Gasteiger partial charge in [0.1, 0.15) is 0 Å². The van der Waals surface area contributed by atoms with Crippen LogP contribution in [0.4, 0.5) is 0 Å². The number of rotatable bonds is 6. The minimum absolute atomic E-state index is 0.00784. The summed E-state index contributed by atoms with van der Waals surface area (Å²) in [5, 5.41) is 7.39. The van der Waals surface area contributed by atoms with Crippen LogP contribution in [-0.4, -0.2) is 55.8 Å². The molecule has 2 aliphatic heterocycles. The predicted molar refractivity (Wildman–Crippen MR) is 108 cm³/mol. The summed E-state index contributed by atoms with van der Waals surface area (Å²) < 4.78 is 5.65. The van der Waals surface area contributed by atoms with Gasteiger partial charge in [-0.2, -0.15) is 0 Å². The number of likely N-dealkylation sites (tertiary alicyclic amines) is 1. The Labute approximate surface area is 158 Å². The van der Waals surface area contributed by atoms with E-state index in [4.69, 9.17) is 9.73 Å². The molecule has 0 amide bonds. The lowest BCUT2D eigenvalue weighted by Crippen LogP contribution is -2.53. The zero-order chi connectivity index (χ0) is 18.2. The van der Waals surface area contributed by atoms with E-state index in [1.807, 2.05) is 0 Å². The van der Waals surface area contributed by atoms with Gasteiger partial charge in [-0.15, -0.1) is 0 Å². The van der Waals surface area contributed by atoms with Gasteiger partial charge >= 0.3 is 0 Å². The van der Waals surface area contributed by atoms with Crippen LogP contribution in [0.3, 0.4) is 0 Å². The third kappa shape index (κ3) is 4.98. The maximum absolute atomic E-state index is 5.65. The van der Waals surface area contributed by atoms with Crippen molar-refractivity contribution in [2.24, 2.45) is 4.99 Å². The van der Waals surface area contributed by atoms with E-state index in [1.165, 1.54) is 18.4 Å². The fourth-order valence-corrected chi connectivity index (χ4v) is 3.98. The number of benzene rings is 1. The van der Waals surface area contributed by atoms with Crippen LogP contribution >= 0.6 is 0 Å². The Kier molecular flexibility index (Phi) is 6.92. The van der Waals surface area contributed by atoms with E-state index in [2.05, 4.69) is 59.7 Å². The van der Waals surface area contributed by atoms with E-state index >= 15 is 0 Å². The second kappa shape index (κ2) is 9.38. The van der Waals surface area contributed by atoms with Crippen molar-refractivity contribution in [1.82, 2.24) is 15.5 Å². The average molecular weight is 359 g/mol. The van der Waals surface area contributed by atoms with Gasteiger partial charge in [-0.05, 0) is 45.1 Å². The number of guanidine groups is 1. The highest BCUT2D eigenvalue weighted by atomic mass is 16.5. The van der Waals surface area contributed by atoms with E-state index in [-0.39, 0.29) is 5.54 Å². The third-order valence-corrected chi connectivity index (χ3v) is 5.54. The summed E-state index contributed by atoms with van der Waals surface area (Å²) in [4.78, 5) is 7.45. The van der Waals surface area contributed by atoms with Crippen LogP contribution in [0.1, 0.15) is 51.1 Å². The van der Waals surface area contributed by atoms with E-state index in [1.54, 1.807) is 0 Å². The number of nitrogens with zero attached hydrogens (tertiary/aromatic N) is 2. The Balaban J connectivity index is 1.72. The zero-order valence-corrected chi connectivity index (χ0v) is 16.3. The summed E-state index contributed by atoms with van der Waals surface area (Å²) in [6.07, 6.45) is 4.56. The molecule has 1 atom stereocenters. The lowest BCUT2D eigenvalue weighted by molar-refractivity contribution is 0.0373. The van der Waals surface area contributed by atoms with Crippen LogP contribution < -0.4 is 10.6 Å². The van der Waals surface area contributed by atoms with Crippen molar-refractivity contribution < 1.29 is 4.74 Å². The fraction of sp³-hybridized carbons (Fsp3) is 0.667. The Morgan fingerprint density at radius 3 is 2.54 bits per heavy atom. The lowest BCUT2D eigenvalue weighted by Gasteiger charge is -2.39. The monoisotopic (exact) mass is 358 g/mol.